The minimum Gasteiger partial charge on any atom is -0.292 e. The Labute approximate surface area is 89.8 Å². The monoisotopic (exact) mass is 262 g/mol. The van der Waals surface area contributed by atoms with Gasteiger partial charge in [0.05, 0.1) is 11.8 Å². The van der Waals surface area contributed by atoms with Crippen molar-refractivity contribution < 1.29 is 14.8 Å². The second kappa shape index (κ2) is 4.56. The van der Waals surface area contributed by atoms with E-state index in [1.807, 2.05) is 0 Å². The van der Waals surface area contributed by atoms with Gasteiger partial charge in [0.2, 0.25) is 11.8 Å². The number of nitrogens with one attached hydrogen (secondary N) is 2. The van der Waals surface area contributed by atoms with Crippen LogP contribution in [0.15, 0.2) is 12.2 Å². The quantitative estimate of drug-likeness (QED) is 0.294. The Kier molecular flexibility index (Phi) is 3.65. The molecule has 0 heterocycles. The molecular formula is C8H11BrN2O3. The molecule has 0 aromatic carbocycles. The highest BCUT2D eigenvalue weighted by atomic mass is 79.9. The van der Waals surface area contributed by atoms with Crippen molar-refractivity contribution in [2.45, 2.75) is 12.8 Å². The summed E-state index contributed by atoms with van der Waals surface area (Å²) in [5.41, 5.74) is 2.41. The van der Waals surface area contributed by atoms with E-state index in [0.29, 0.717) is 12.8 Å². The summed E-state index contributed by atoms with van der Waals surface area (Å²) in [5.74, 6) is -1.78. The van der Waals surface area contributed by atoms with Gasteiger partial charge in [0.15, 0.2) is 0 Å². The van der Waals surface area contributed by atoms with Crippen molar-refractivity contribution >= 4 is 28.0 Å². The Hall–Kier alpha value is -0.880. The van der Waals surface area contributed by atoms with Crippen LogP contribution in [-0.2, 0) is 9.59 Å². The fourth-order valence-electron chi connectivity index (χ4n) is 1.69. The van der Waals surface area contributed by atoms with Gasteiger partial charge in [0, 0.05) is 16.1 Å². The molecule has 0 aromatic heterocycles. The summed E-state index contributed by atoms with van der Waals surface area (Å²) in [6.07, 6.45) is 0.924. The summed E-state index contributed by atoms with van der Waals surface area (Å²) < 4.78 is 2.31. The normalized spacial score (nSPS) is 26.0. The molecule has 78 valence electrons. The minimum absolute atomic E-state index is 0.266. The van der Waals surface area contributed by atoms with E-state index in [0.717, 1.165) is 5.57 Å². The maximum absolute atomic E-state index is 11.3. The van der Waals surface area contributed by atoms with Crippen molar-refractivity contribution in [2.24, 2.45) is 11.8 Å². The molecule has 6 heteroatoms. The van der Waals surface area contributed by atoms with Crippen LogP contribution in [0.3, 0.4) is 0 Å². The molecule has 1 saturated carbocycles. The first-order valence-electron chi connectivity index (χ1n) is 4.11. The predicted molar refractivity (Wildman–Crippen MR) is 52.4 cm³/mol. The minimum atomic E-state index is -0.537. The number of amides is 2. The number of carbonyl (C=O) groups excluding carboxylic acids is 2. The van der Waals surface area contributed by atoms with Gasteiger partial charge in [-0.25, -0.2) is 5.48 Å². The molecule has 1 aliphatic carbocycles. The zero-order valence-electron chi connectivity index (χ0n) is 7.42. The molecule has 0 spiro atoms. The Bertz CT molecular complexity index is 254. The Balaban J connectivity index is 2.77. The van der Waals surface area contributed by atoms with E-state index >= 15 is 0 Å². The molecule has 2 amide bonds. The van der Waals surface area contributed by atoms with Crippen molar-refractivity contribution in [3.63, 3.8) is 0 Å². The van der Waals surface area contributed by atoms with Gasteiger partial charge < -0.3 is 0 Å². The summed E-state index contributed by atoms with van der Waals surface area (Å²) in [6, 6.07) is 0. The molecule has 0 saturated heterocycles. The van der Waals surface area contributed by atoms with Crippen molar-refractivity contribution in [1.82, 2.24) is 9.82 Å². The number of carbonyl (C=O) groups is 2. The molecule has 5 nitrogen and oxygen atoms in total. The summed E-state index contributed by atoms with van der Waals surface area (Å²) in [7, 11) is 0. The second-order valence-electron chi connectivity index (χ2n) is 3.31. The maximum Gasteiger partial charge on any atom is 0.247 e. The van der Waals surface area contributed by atoms with Crippen LogP contribution in [0, 0.1) is 11.8 Å². The Morgan fingerprint density at radius 2 is 1.86 bits per heavy atom. The average Bonchev–Trinajstić information content (AvgIpc) is 2.58. The van der Waals surface area contributed by atoms with Crippen molar-refractivity contribution in [1.29, 1.82) is 0 Å². The topological polar surface area (TPSA) is 78.4 Å². The van der Waals surface area contributed by atoms with E-state index in [1.165, 1.54) is 0 Å². The van der Waals surface area contributed by atoms with Crippen LogP contribution in [0.1, 0.15) is 12.8 Å². The number of hydroxylamine groups is 1. The van der Waals surface area contributed by atoms with Gasteiger partial charge in [-0.2, -0.15) is 0 Å². The van der Waals surface area contributed by atoms with E-state index in [9.17, 15) is 9.59 Å². The molecule has 1 rings (SSSR count). The lowest BCUT2D eigenvalue weighted by Crippen LogP contribution is -2.36. The second-order valence-corrected chi connectivity index (χ2v) is 3.70. The highest BCUT2D eigenvalue weighted by Gasteiger charge is 2.39. The third kappa shape index (κ3) is 2.13. The van der Waals surface area contributed by atoms with Gasteiger partial charge in [0.1, 0.15) is 0 Å². The highest BCUT2D eigenvalue weighted by Crippen LogP contribution is 2.35. The van der Waals surface area contributed by atoms with Gasteiger partial charge in [-0.05, 0) is 12.8 Å². The lowest BCUT2D eigenvalue weighted by atomic mass is 9.95. The van der Waals surface area contributed by atoms with Crippen LogP contribution >= 0.6 is 16.1 Å². The standard InChI is InChI=1S/C8H11BrN2O3/c1-4-2-5(7(12)10-9)6(3-4)8(13)11-14/h5-6,14H,1-3H2,(H,10,12)(H,11,13)/t5-,6+/m1/s1. The zero-order valence-corrected chi connectivity index (χ0v) is 9.00. The fraction of sp³-hybridized carbons (Fsp3) is 0.500. The van der Waals surface area contributed by atoms with E-state index in [2.05, 4.69) is 27.1 Å². The molecule has 0 aromatic rings. The number of rotatable bonds is 2. The van der Waals surface area contributed by atoms with Crippen molar-refractivity contribution in [2.75, 3.05) is 0 Å². The molecule has 0 radical (unpaired) electrons. The first-order valence-corrected chi connectivity index (χ1v) is 4.90. The van der Waals surface area contributed by atoms with E-state index < -0.39 is 17.7 Å². The van der Waals surface area contributed by atoms with Gasteiger partial charge in [-0.1, -0.05) is 12.2 Å². The number of hydrogen-bond donors (Lipinski definition) is 3. The third-order valence-electron chi connectivity index (χ3n) is 2.38. The van der Waals surface area contributed by atoms with Crippen LogP contribution in [0.2, 0.25) is 0 Å². The Morgan fingerprint density at radius 3 is 2.29 bits per heavy atom. The molecule has 1 fully saturated rings. The molecule has 1 aliphatic rings. The number of allylic oxidation sites excluding steroid dienone is 1. The molecule has 2 atom stereocenters. The summed E-state index contributed by atoms with van der Waals surface area (Å²) in [4.78, 5) is 22.5. The van der Waals surface area contributed by atoms with Gasteiger partial charge in [0.25, 0.3) is 0 Å². The third-order valence-corrected chi connectivity index (χ3v) is 2.77. The molecule has 3 N–H and O–H groups in total. The van der Waals surface area contributed by atoms with Gasteiger partial charge in [-0.3, -0.25) is 19.1 Å². The number of hydrogen-bond acceptors (Lipinski definition) is 3. The van der Waals surface area contributed by atoms with Crippen molar-refractivity contribution in [3.05, 3.63) is 12.2 Å². The van der Waals surface area contributed by atoms with Crippen molar-refractivity contribution in [3.8, 4) is 0 Å². The summed E-state index contributed by atoms with van der Waals surface area (Å²) in [5, 5.41) is 8.48. The molecule has 0 aliphatic heterocycles. The van der Waals surface area contributed by atoms with Crippen LogP contribution in [0.5, 0.6) is 0 Å². The highest BCUT2D eigenvalue weighted by molar-refractivity contribution is 9.08. The average molecular weight is 263 g/mol. The largest absolute Gasteiger partial charge is 0.292 e. The van der Waals surface area contributed by atoms with Crippen LogP contribution in [0.25, 0.3) is 0 Å². The lowest BCUT2D eigenvalue weighted by Gasteiger charge is -2.14. The van der Waals surface area contributed by atoms with Crippen LogP contribution in [0.4, 0.5) is 0 Å². The predicted octanol–water partition coefficient (Wildman–Crippen LogP) is 0.500. The first-order chi connectivity index (χ1) is 6.60. The maximum atomic E-state index is 11.3. The van der Waals surface area contributed by atoms with Crippen LogP contribution < -0.4 is 9.82 Å². The lowest BCUT2D eigenvalue weighted by molar-refractivity contribution is -0.138. The zero-order chi connectivity index (χ0) is 10.7. The van der Waals surface area contributed by atoms with E-state index in [4.69, 9.17) is 5.21 Å². The molecule has 14 heavy (non-hydrogen) atoms. The van der Waals surface area contributed by atoms with Gasteiger partial charge >= 0.3 is 0 Å². The summed E-state index contributed by atoms with van der Waals surface area (Å²) in [6.45, 7) is 3.73. The van der Waals surface area contributed by atoms with Crippen LogP contribution in [-0.4, -0.2) is 17.0 Å². The first kappa shape index (κ1) is 11.2. The molecular weight excluding hydrogens is 252 g/mol. The number of halogens is 1. The van der Waals surface area contributed by atoms with Gasteiger partial charge in [-0.15, -0.1) is 0 Å². The van der Waals surface area contributed by atoms with E-state index in [1.54, 1.807) is 5.48 Å². The molecule has 0 unspecified atom stereocenters. The summed E-state index contributed by atoms with van der Waals surface area (Å²) >= 11 is 2.82. The smallest absolute Gasteiger partial charge is 0.247 e. The fourth-order valence-corrected chi connectivity index (χ4v) is 1.99. The van der Waals surface area contributed by atoms with E-state index in [-0.39, 0.29) is 5.91 Å². The Morgan fingerprint density at radius 1 is 1.36 bits per heavy atom. The SMILES string of the molecule is C=C1C[C@H](C(=O)NO)[C@H](C(=O)NBr)C1. The molecule has 0 bridgehead atoms.